The summed E-state index contributed by atoms with van der Waals surface area (Å²) in [5.74, 6) is 0. The summed E-state index contributed by atoms with van der Waals surface area (Å²) in [6.07, 6.45) is 0. The van der Waals surface area contributed by atoms with Crippen molar-refractivity contribution in [2.75, 3.05) is 0 Å². The molecule has 0 saturated carbocycles. The molecule has 0 saturated heterocycles. The first kappa shape index (κ1) is 42.0. The molecule has 0 aliphatic carbocycles. The van der Waals surface area contributed by atoms with Crippen LogP contribution in [0.5, 0.6) is 0 Å². The lowest BCUT2D eigenvalue weighted by atomic mass is 10.1. The number of nitrogens with zero attached hydrogens (tertiary/aromatic N) is 1. The van der Waals surface area contributed by atoms with Gasteiger partial charge in [-0.1, -0.05) is 243 Å². The standard InChI is InChI=1S/C66H45NS2Si2/c1-5-22-47(23-6-1)70(48-24-7-2-8-25-48,51-44-42-46(43-45-51)67-58-36-16-13-30-52(58)53-31-14-17-37-59(53)67)61-39-20-34-56-57-35-21-41-63(66(57)69-65(56)61)71(49-26-9-3-10-27-49,50-28-11-4-12-29-50)62-40-19-33-55-54-32-15-18-38-60(54)68-64(55)62/h1-45H. The van der Waals surface area contributed by atoms with E-state index in [1.165, 1.54) is 104 Å². The second-order valence-electron chi connectivity index (χ2n) is 18.6. The van der Waals surface area contributed by atoms with Crippen LogP contribution in [0.15, 0.2) is 273 Å². The maximum Gasteiger partial charge on any atom is 0.182 e. The predicted octanol–water partition coefficient (Wildman–Crippen LogP) is 12.3. The first-order chi connectivity index (χ1) is 35.2. The van der Waals surface area contributed by atoms with Crippen LogP contribution in [-0.2, 0) is 0 Å². The topological polar surface area (TPSA) is 4.93 Å². The molecule has 3 heterocycles. The second kappa shape index (κ2) is 16.9. The number of benzene rings is 11. The first-order valence-electron chi connectivity index (χ1n) is 24.4. The van der Waals surface area contributed by atoms with Crippen LogP contribution in [0.4, 0.5) is 0 Å². The molecule has 0 aliphatic heterocycles. The zero-order valence-corrected chi connectivity index (χ0v) is 42.4. The van der Waals surface area contributed by atoms with E-state index in [2.05, 4.69) is 278 Å². The molecule has 5 heteroatoms. The van der Waals surface area contributed by atoms with E-state index in [9.17, 15) is 0 Å². The highest BCUT2D eigenvalue weighted by Gasteiger charge is 2.46. The molecule has 334 valence electrons. The van der Waals surface area contributed by atoms with E-state index < -0.39 is 16.1 Å². The van der Waals surface area contributed by atoms with Gasteiger partial charge in [-0.3, -0.25) is 0 Å². The van der Waals surface area contributed by atoms with E-state index in [0.717, 1.165) is 5.69 Å². The van der Waals surface area contributed by atoms with Gasteiger partial charge in [0.15, 0.2) is 16.1 Å². The molecule has 0 N–H and O–H groups in total. The lowest BCUT2D eigenvalue weighted by Crippen LogP contribution is -2.75. The van der Waals surface area contributed by atoms with E-state index in [0.29, 0.717) is 0 Å². The molecule has 71 heavy (non-hydrogen) atoms. The Morgan fingerprint density at radius 1 is 0.239 bits per heavy atom. The monoisotopic (exact) mass is 971 g/mol. The number of hydrogen-bond acceptors (Lipinski definition) is 2. The quantitative estimate of drug-likeness (QED) is 0.100. The summed E-state index contributed by atoms with van der Waals surface area (Å²) in [6.45, 7) is 0. The molecule has 14 rings (SSSR count). The van der Waals surface area contributed by atoms with Crippen molar-refractivity contribution in [3.63, 3.8) is 0 Å². The van der Waals surface area contributed by atoms with E-state index in [1.54, 1.807) is 0 Å². The van der Waals surface area contributed by atoms with Crippen molar-refractivity contribution in [3.8, 4) is 5.69 Å². The molecule has 11 aromatic carbocycles. The lowest BCUT2D eigenvalue weighted by Gasteiger charge is -2.35. The smallest absolute Gasteiger partial charge is 0.182 e. The molecule has 0 aliphatic rings. The third-order valence-corrected chi connectivity index (χ3v) is 27.8. The van der Waals surface area contributed by atoms with Gasteiger partial charge < -0.3 is 4.57 Å². The lowest BCUT2D eigenvalue weighted by molar-refractivity contribution is 1.18. The predicted molar refractivity (Wildman–Crippen MR) is 314 cm³/mol. The van der Waals surface area contributed by atoms with Gasteiger partial charge in [0.05, 0.1) is 11.0 Å². The molecule has 0 fully saturated rings. The van der Waals surface area contributed by atoms with E-state index in [4.69, 9.17) is 0 Å². The summed E-state index contributed by atoms with van der Waals surface area (Å²) in [7, 11) is -6.09. The molecule has 0 unspecified atom stereocenters. The van der Waals surface area contributed by atoms with Crippen molar-refractivity contribution in [1.29, 1.82) is 0 Å². The minimum atomic E-state index is -3.05. The summed E-state index contributed by atoms with van der Waals surface area (Å²) >= 11 is 3.97. The van der Waals surface area contributed by atoms with Crippen molar-refractivity contribution in [2.45, 2.75) is 0 Å². The minimum Gasteiger partial charge on any atom is -0.309 e. The van der Waals surface area contributed by atoms with Gasteiger partial charge in [-0.25, -0.2) is 0 Å². The third-order valence-electron chi connectivity index (χ3n) is 15.1. The summed E-state index contributed by atoms with van der Waals surface area (Å²) < 4.78 is 7.89. The van der Waals surface area contributed by atoms with Crippen LogP contribution in [0, 0.1) is 0 Å². The Hall–Kier alpha value is -7.91. The van der Waals surface area contributed by atoms with Crippen LogP contribution >= 0.6 is 22.7 Å². The molecule has 0 radical (unpaired) electrons. The molecule has 3 aromatic heterocycles. The highest BCUT2D eigenvalue weighted by atomic mass is 32.1. The number of hydrogen-bond donors (Lipinski definition) is 0. The van der Waals surface area contributed by atoms with Crippen molar-refractivity contribution < 1.29 is 0 Å². The van der Waals surface area contributed by atoms with Crippen molar-refractivity contribution in [1.82, 2.24) is 4.57 Å². The molecule has 1 nitrogen and oxygen atoms in total. The first-order valence-corrected chi connectivity index (χ1v) is 30.0. The van der Waals surface area contributed by atoms with Gasteiger partial charge in [-0.2, -0.15) is 0 Å². The van der Waals surface area contributed by atoms with Crippen LogP contribution in [0.2, 0.25) is 0 Å². The molecule has 0 bridgehead atoms. The van der Waals surface area contributed by atoms with Crippen LogP contribution in [0.3, 0.4) is 0 Å². The molecule has 0 spiro atoms. The minimum absolute atomic E-state index is 1.16. The van der Waals surface area contributed by atoms with Gasteiger partial charge in [-0.05, 0) is 71.8 Å². The van der Waals surface area contributed by atoms with Gasteiger partial charge in [0, 0.05) is 56.8 Å². The molecule has 0 atom stereocenters. The number of para-hydroxylation sites is 2. The Kier molecular flexibility index (Phi) is 10.0. The van der Waals surface area contributed by atoms with Crippen LogP contribution in [0.1, 0.15) is 0 Å². The maximum atomic E-state index is 2.49. The zero-order valence-electron chi connectivity index (χ0n) is 38.7. The van der Waals surface area contributed by atoms with Crippen LogP contribution < -0.4 is 41.5 Å². The fourth-order valence-corrected chi connectivity index (χ4v) is 26.0. The summed E-state index contributed by atoms with van der Waals surface area (Å²) in [5.41, 5.74) is 3.60. The Bertz CT molecular complexity index is 4140. The highest BCUT2D eigenvalue weighted by Crippen LogP contribution is 2.38. The summed E-state index contributed by atoms with van der Waals surface area (Å²) in [4.78, 5) is 0. The van der Waals surface area contributed by atoms with Crippen LogP contribution in [0.25, 0.3) is 67.8 Å². The number of thiophene rings is 2. The average molecular weight is 972 g/mol. The van der Waals surface area contributed by atoms with E-state index in [-0.39, 0.29) is 0 Å². The van der Waals surface area contributed by atoms with Crippen molar-refractivity contribution >= 4 is 142 Å². The SMILES string of the molecule is c1ccc([Si](c2ccccc2)(c2ccc(-n3c4ccccc4c4ccccc43)cc2)c2cccc3c2sc2c([Si](c4ccccc4)(c4ccccc4)c4cccc5c4sc4ccccc45)cccc23)cc1. The average Bonchev–Trinajstić information content (AvgIpc) is 4.14. The molecular formula is C66H45NS2Si2. The molecular weight excluding hydrogens is 927 g/mol. The van der Waals surface area contributed by atoms with Gasteiger partial charge in [0.2, 0.25) is 0 Å². The summed E-state index contributed by atoms with van der Waals surface area (Å²) in [6, 6.07) is 104. The Morgan fingerprint density at radius 2 is 0.577 bits per heavy atom. The fraction of sp³-hybridized carbons (Fsp3) is 0. The van der Waals surface area contributed by atoms with Crippen LogP contribution in [-0.4, -0.2) is 20.7 Å². The van der Waals surface area contributed by atoms with E-state index >= 15 is 0 Å². The van der Waals surface area contributed by atoms with Gasteiger partial charge in [-0.15, -0.1) is 22.7 Å². The zero-order chi connectivity index (χ0) is 46.9. The maximum absolute atomic E-state index is 3.05. The van der Waals surface area contributed by atoms with Crippen molar-refractivity contribution in [2.24, 2.45) is 0 Å². The van der Waals surface area contributed by atoms with Crippen molar-refractivity contribution in [3.05, 3.63) is 273 Å². The Labute approximate surface area is 422 Å². The Morgan fingerprint density at radius 3 is 1.06 bits per heavy atom. The van der Waals surface area contributed by atoms with Gasteiger partial charge >= 0.3 is 0 Å². The molecule has 14 aromatic rings. The largest absolute Gasteiger partial charge is 0.309 e. The third kappa shape index (κ3) is 6.27. The number of aromatic nitrogens is 1. The highest BCUT2D eigenvalue weighted by molar-refractivity contribution is 7.35. The normalized spacial score (nSPS) is 12.2. The number of rotatable bonds is 9. The van der Waals surface area contributed by atoms with Gasteiger partial charge in [0.25, 0.3) is 0 Å². The second-order valence-corrected chi connectivity index (χ2v) is 28.2. The Balaban J connectivity index is 1.07. The number of fused-ring (bicyclic) bond motifs is 9. The van der Waals surface area contributed by atoms with Gasteiger partial charge in [0.1, 0.15) is 0 Å². The molecule has 0 amide bonds. The summed E-state index contributed by atoms with van der Waals surface area (Å²) in [5, 5.41) is 19.0. The van der Waals surface area contributed by atoms with E-state index in [1.807, 2.05) is 22.7 Å². The fourth-order valence-electron chi connectivity index (χ4n) is 12.2.